The van der Waals surface area contributed by atoms with Crippen LogP contribution in [0.4, 0.5) is 4.39 Å². The molecule has 0 saturated carbocycles. The molecule has 0 aliphatic rings. The van der Waals surface area contributed by atoms with Crippen LogP contribution in [0.3, 0.4) is 0 Å². The van der Waals surface area contributed by atoms with Crippen LogP contribution in [-0.2, 0) is 0 Å². The van der Waals surface area contributed by atoms with Gasteiger partial charge >= 0.3 is 0 Å². The minimum Gasteiger partial charge on any atom is -0.293 e. The molecule has 0 saturated heterocycles. The molecule has 0 N–H and O–H groups in total. The Balaban J connectivity index is 2.37. The third-order valence-electron chi connectivity index (χ3n) is 1.96. The van der Waals surface area contributed by atoms with Crippen molar-refractivity contribution in [2.75, 3.05) is 0 Å². The SMILES string of the molecule is CC(=O)c1csc(-c2ccc(F)cc2)n1. The van der Waals surface area contributed by atoms with E-state index in [-0.39, 0.29) is 11.6 Å². The Kier molecular flexibility index (Phi) is 2.60. The van der Waals surface area contributed by atoms with Crippen molar-refractivity contribution in [1.82, 2.24) is 4.98 Å². The van der Waals surface area contributed by atoms with Crippen LogP contribution in [0.1, 0.15) is 17.4 Å². The van der Waals surface area contributed by atoms with Crippen LogP contribution in [0.5, 0.6) is 0 Å². The number of rotatable bonds is 2. The molecule has 0 atom stereocenters. The molecule has 0 amide bonds. The van der Waals surface area contributed by atoms with Gasteiger partial charge in [0.05, 0.1) is 0 Å². The van der Waals surface area contributed by atoms with Crippen molar-refractivity contribution >= 4 is 17.1 Å². The number of carbonyl (C=O) groups is 1. The quantitative estimate of drug-likeness (QED) is 0.729. The Morgan fingerprint density at radius 2 is 2.00 bits per heavy atom. The van der Waals surface area contributed by atoms with Gasteiger partial charge in [-0.25, -0.2) is 9.37 Å². The first kappa shape index (κ1) is 9.98. The molecule has 0 spiro atoms. The molecule has 0 fully saturated rings. The summed E-state index contributed by atoms with van der Waals surface area (Å²) in [6.45, 7) is 1.48. The number of benzene rings is 1. The molecule has 0 bridgehead atoms. The van der Waals surface area contributed by atoms with Gasteiger partial charge in [-0.1, -0.05) is 0 Å². The zero-order valence-electron chi connectivity index (χ0n) is 8.03. The number of carbonyl (C=O) groups excluding carboxylic acids is 1. The van der Waals surface area contributed by atoms with Gasteiger partial charge in [-0.2, -0.15) is 0 Å². The van der Waals surface area contributed by atoms with Crippen LogP contribution in [0.25, 0.3) is 10.6 Å². The molecule has 0 aliphatic carbocycles. The standard InChI is InChI=1S/C11H8FNOS/c1-7(14)10-6-15-11(13-10)8-2-4-9(12)5-3-8/h2-6H,1H3. The Bertz CT molecular complexity index is 490. The average molecular weight is 221 g/mol. The lowest BCUT2D eigenvalue weighted by atomic mass is 10.2. The van der Waals surface area contributed by atoms with E-state index in [1.807, 2.05) is 0 Å². The van der Waals surface area contributed by atoms with Gasteiger partial charge in [-0.3, -0.25) is 4.79 Å². The largest absolute Gasteiger partial charge is 0.293 e. The second kappa shape index (κ2) is 3.90. The van der Waals surface area contributed by atoms with E-state index in [2.05, 4.69) is 4.98 Å². The highest BCUT2D eigenvalue weighted by Gasteiger charge is 2.07. The lowest BCUT2D eigenvalue weighted by Crippen LogP contribution is -1.91. The third kappa shape index (κ3) is 2.10. The Labute approximate surface area is 90.4 Å². The summed E-state index contributed by atoms with van der Waals surface area (Å²) < 4.78 is 12.7. The van der Waals surface area contributed by atoms with Crippen molar-refractivity contribution in [3.8, 4) is 10.6 Å². The maximum absolute atomic E-state index is 12.7. The van der Waals surface area contributed by atoms with Gasteiger partial charge in [-0.15, -0.1) is 11.3 Å². The number of hydrogen-bond donors (Lipinski definition) is 0. The molecule has 1 heterocycles. The van der Waals surface area contributed by atoms with E-state index >= 15 is 0 Å². The van der Waals surface area contributed by atoms with Crippen molar-refractivity contribution in [2.24, 2.45) is 0 Å². The maximum Gasteiger partial charge on any atom is 0.178 e. The van der Waals surface area contributed by atoms with E-state index in [4.69, 9.17) is 0 Å². The van der Waals surface area contributed by atoms with Crippen molar-refractivity contribution in [1.29, 1.82) is 0 Å². The van der Waals surface area contributed by atoms with Gasteiger partial charge in [0.25, 0.3) is 0 Å². The van der Waals surface area contributed by atoms with E-state index in [0.29, 0.717) is 5.69 Å². The molecule has 0 radical (unpaired) electrons. The van der Waals surface area contributed by atoms with E-state index in [1.54, 1.807) is 17.5 Å². The Morgan fingerprint density at radius 3 is 2.53 bits per heavy atom. The van der Waals surface area contributed by atoms with Crippen LogP contribution in [0, 0.1) is 5.82 Å². The minimum absolute atomic E-state index is 0.0559. The van der Waals surface area contributed by atoms with Gasteiger partial charge in [0.15, 0.2) is 5.78 Å². The van der Waals surface area contributed by atoms with E-state index < -0.39 is 0 Å². The second-order valence-corrected chi connectivity index (χ2v) is 3.96. The van der Waals surface area contributed by atoms with E-state index in [9.17, 15) is 9.18 Å². The molecule has 4 heteroatoms. The molecule has 15 heavy (non-hydrogen) atoms. The van der Waals surface area contributed by atoms with Crippen LogP contribution < -0.4 is 0 Å². The molecule has 2 rings (SSSR count). The van der Waals surface area contributed by atoms with Gasteiger partial charge < -0.3 is 0 Å². The number of hydrogen-bond acceptors (Lipinski definition) is 3. The lowest BCUT2D eigenvalue weighted by molar-refractivity contribution is 0.101. The van der Waals surface area contributed by atoms with E-state index in [0.717, 1.165) is 10.6 Å². The monoisotopic (exact) mass is 221 g/mol. The number of thiazole rings is 1. The molecule has 2 aromatic rings. The zero-order valence-corrected chi connectivity index (χ0v) is 8.84. The van der Waals surface area contributed by atoms with Gasteiger partial charge in [0.2, 0.25) is 0 Å². The second-order valence-electron chi connectivity index (χ2n) is 3.10. The van der Waals surface area contributed by atoms with Crippen molar-refractivity contribution in [3.63, 3.8) is 0 Å². The topological polar surface area (TPSA) is 30.0 Å². The average Bonchev–Trinajstić information content (AvgIpc) is 2.68. The number of ketones is 1. The molecule has 1 aromatic heterocycles. The smallest absolute Gasteiger partial charge is 0.178 e. The fourth-order valence-corrected chi connectivity index (χ4v) is 2.03. The van der Waals surface area contributed by atoms with Crippen molar-refractivity contribution in [3.05, 3.63) is 41.2 Å². The molecule has 0 aliphatic heterocycles. The fourth-order valence-electron chi connectivity index (χ4n) is 1.16. The van der Waals surface area contributed by atoms with E-state index in [1.165, 1.54) is 30.4 Å². The summed E-state index contributed by atoms with van der Waals surface area (Å²) in [5, 5.41) is 2.45. The highest BCUT2D eigenvalue weighted by molar-refractivity contribution is 7.13. The lowest BCUT2D eigenvalue weighted by Gasteiger charge is -1.94. The molecule has 1 aromatic carbocycles. The molecular weight excluding hydrogens is 213 g/mol. The summed E-state index contributed by atoms with van der Waals surface area (Å²) in [6.07, 6.45) is 0. The summed E-state index contributed by atoms with van der Waals surface area (Å²) >= 11 is 1.38. The van der Waals surface area contributed by atoms with Gasteiger partial charge in [0, 0.05) is 17.9 Å². The van der Waals surface area contributed by atoms with Crippen molar-refractivity contribution < 1.29 is 9.18 Å². The normalized spacial score (nSPS) is 10.3. The maximum atomic E-state index is 12.7. The Morgan fingerprint density at radius 1 is 1.33 bits per heavy atom. The fraction of sp³-hybridized carbons (Fsp3) is 0.0909. The summed E-state index contributed by atoms with van der Waals surface area (Å²) in [5.74, 6) is -0.332. The molecule has 0 unspecified atom stereocenters. The summed E-state index contributed by atoms with van der Waals surface area (Å²) in [5.41, 5.74) is 1.29. The summed E-state index contributed by atoms with van der Waals surface area (Å²) in [4.78, 5) is 15.2. The van der Waals surface area contributed by atoms with Crippen LogP contribution in [0.2, 0.25) is 0 Å². The highest BCUT2D eigenvalue weighted by atomic mass is 32.1. The molecular formula is C11H8FNOS. The predicted octanol–water partition coefficient (Wildman–Crippen LogP) is 3.15. The molecule has 2 nitrogen and oxygen atoms in total. The first-order chi connectivity index (χ1) is 7.16. The number of halogens is 1. The number of Topliss-reactive ketones (excluding diaryl/α,β-unsaturated/α-hetero) is 1. The Hall–Kier alpha value is -1.55. The number of nitrogens with zero attached hydrogens (tertiary/aromatic N) is 1. The first-order valence-corrected chi connectivity index (χ1v) is 5.27. The number of aromatic nitrogens is 1. The summed E-state index contributed by atoms with van der Waals surface area (Å²) in [7, 11) is 0. The predicted molar refractivity (Wildman–Crippen MR) is 57.5 cm³/mol. The van der Waals surface area contributed by atoms with Crippen LogP contribution >= 0.6 is 11.3 Å². The van der Waals surface area contributed by atoms with Crippen LogP contribution in [0.15, 0.2) is 29.6 Å². The highest BCUT2D eigenvalue weighted by Crippen LogP contribution is 2.23. The van der Waals surface area contributed by atoms with Gasteiger partial charge in [0.1, 0.15) is 16.5 Å². The van der Waals surface area contributed by atoms with Crippen molar-refractivity contribution in [2.45, 2.75) is 6.92 Å². The minimum atomic E-state index is -0.276. The molecule has 76 valence electrons. The van der Waals surface area contributed by atoms with Gasteiger partial charge in [-0.05, 0) is 24.3 Å². The zero-order chi connectivity index (χ0) is 10.8. The third-order valence-corrected chi connectivity index (χ3v) is 2.85. The summed E-state index contributed by atoms with van der Waals surface area (Å²) in [6, 6.07) is 6.06. The first-order valence-electron chi connectivity index (χ1n) is 4.39. The van der Waals surface area contributed by atoms with Crippen LogP contribution in [-0.4, -0.2) is 10.8 Å².